The van der Waals surface area contributed by atoms with E-state index in [-0.39, 0.29) is 18.4 Å². The summed E-state index contributed by atoms with van der Waals surface area (Å²) < 4.78 is 13.0. The molecule has 1 atom stereocenters. The van der Waals surface area contributed by atoms with Crippen molar-refractivity contribution in [3.8, 4) is 0 Å². The van der Waals surface area contributed by atoms with Crippen LogP contribution >= 0.6 is 0 Å². The lowest BCUT2D eigenvalue weighted by molar-refractivity contribution is -0.126. The second-order valence-electron chi connectivity index (χ2n) is 4.54. The highest BCUT2D eigenvalue weighted by Crippen LogP contribution is 2.09. The standard InChI is InChI=1S/C14H20FN3O2/c1-4-16-14(20)10(2)18(3)9-13(19)17-12-7-5-6-11(15)8-12/h5-8,10H,4,9H2,1-3H3,(H,16,20)(H,17,19)/t10-/m1/s1. The van der Waals surface area contributed by atoms with Gasteiger partial charge in [-0.3, -0.25) is 14.5 Å². The summed E-state index contributed by atoms with van der Waals surface area (Å²) in [7, 11) is 1.69. The average Bonchev–Trinajstić information content (AvgIpc) is 2.37. The van der Waals surface area contributed by atoms with Gasteiger partial charge in [0, 0.05) is 12.2 Å². The number of nitrogens with zero attached hydrogens (tertiary/aromatic N) is 1. The van der Waals surface area contributed by atoms with Crippen LogP contribution in [0, 0.1) is 5.82 Å². The van der Waals surface area contributed by atoms with Gasteiger partial charge in [0.15, 0.2) is 0 Å². The largest absolute Gasteiger partial charge is 0.355 e. The molecule has 0 bridgehead atoms. The quantitative estimate of drug-likeness (QED) is 0.824. The lowest BCUT2D eigenvalue weighted by Gasteiger charge is -2.23. The summed E-state index contributed by atoms with van der Waals surface area (Å²) >= 11 is 0. The predicted octanol–water partition coefficient (Wildman–Crippen LogP) is 1.22. The Morgan fingerprint density at radius 3 is 2.70 bits per heavy atom. The number of rotatable bonds is 6. The fraction of sp³-hybridized carbons (Fsp3) is 0.429. The lowest BCUT2D eigenvalue weighted by Crippen LogP contribution is -2.45. The number of carbonyl (C=O) groups is 2. The van der Waals surface area contributed by atoms with Crippen molar-refractivity contribution in [2.45, 2.75) is 19.9 Å². The normalized spacial score (nSPS) is 12.1. The number of hydrogen-bond acceptors (Lipinski definition) is 3. The number of nitrogens with one attached hydrogen (secondary N) is 2. The van der Waals surface area contributed by atoms with Crippen LogP contribution in [-0.2, 0) is 9.59 Å². The molecule has 5 nitrogen and oxygen atoms in total. The zero-order valence-corrected chi connectivity index (χ0v) is 11.9. The van der Waals surface area contributed by atoms with Gasteiger partial charge >= 0.3 is 0 Å². The van der Waals surface area contributed by atoms with Crippen LogP contribution in [0.15, 0.2) is 24.3 Å². The molecule has 0 heterocycles. The van der Waals surface area contributed by atoms with Crippen molar-refractivity contribution in [1.29, 1.82) is 0 Å². The third kappa shape index (κ3) is 4.97. The summed E-state index contributed by atoms with van der Waals surface area (Å²) in [5.41, 5.74) is 0.397. The van der Waals surface area contributed by atoms with E-state index in [1.54, 1.807) is 24.9 Å². The molecule has 1 aromatic carbocycles. The van der Waals surface area contributed by atoms with Gasteiger partial charge in [0.05, 0.1) is 12.6 Å². The zero-order chi connectivity index (χ0) is 15.1. The third-order valence-electron chi connectivity index (χ3n) is 2.89. The van der Waals surface area contributed by atoms with Gasteiger partial charge in [-0.2, -0.15) is 0 Å². The maximum absolute atomic E-state index is 13.0. The molecule has 0 aromatic heterocycles. The minimum atomic E-state index is -0.410. The highest BCUT2D eigenvalue weighted by atomic mass is 19.1. The van der Waals surface area contributed by atoms with Crippen molar-refractivity contribution in [3.63, 3.8) is 0 Å². The lowest BCUT2D eigenvalue weighted by atomic mass is 10.2. The Balaban J connectivity index is 2.51. The molecule has 20 heavy (non-hydrogen) atoms. The molecular formula is C14H20FN3O2. The number of hydrogen-bond donors (Lipinski definition) is 2. The summed E-state index contributed by atoms with van der Waals surface area (Å²) in [6.45, 7) is 4.16. The molecule has 110 valence electrons. The van der Waals surface area contributed by atoms with Gasteiger partial charge in [-0.15, -0.1) is 0 Å². The molecule has 0 radical (unpaired) electrons. The first-order valence-electron chi connectivity index (χ1n) is 6.47. The predicted molar refractivity (Wildman–Crippen MR) is 75.8 cm³/mol. The Morgan fingerprint density at radius 2 is 2.10 bits per heavy atom. The molecule has 2 amide bonds. The summed E-state index contributed by atoms with van der Waals surface area (Å²) in [6.07, 6.45) is 0. The summed E-state index contributed by atoms with van der Waals surface area (Å²) in [5.74, 6) is -0.838. The van der Waals surface area contributed by atoms with Crippen LogP contribution in [0.25, 0.3) is 0 Å². The third-order valence-corrected chi connectivity index (χ3v) is 2.89. The minimum absolute atomic E-state index is 0.0504. The number of carbonyl (C=O) groups excluding carboxylic acids is 2. The maximum Gasteiger partial charge on any atom is 0.238 e. The summed E-state index contributed by atoms with van der Waals surface area (Å²) in [6, 6.07) is 5.26. The van der Waals surface area contributed by atoms with Gasteiger partial charge in [-0.1, -0.05) is 6.07 Å². The van der Waals surface area contributed by atoms with Gasteiger partial charge in [-0.05, 0) is 39.1 Å². The SMILES string of the molecule is CCNC(=O)[C@@H](C)N(C)CC(=O)Nc1cccc(F)c1. The topological polar surface area (TPSA) is 61.4 Å². The average molecular weight is 281 g/mol. The van der Waals surface area contributed by atoms with Gasteiger partial charge < -0.3 is 10.6 Å². The monoisotopic (exact) mass is 281 g/mol. The molecule has 6 heteroatoms. The van der Waals surface area contributed by atoms with Crippen molar-refractivity contribution in [2.75, 3.05) is 25.5 Å². The fourth-order valence-electron chi connectivity index (χ4n) is 1.65. The van der Waals surface area contributed by atoms with E-state index in [4.69, 9.17) is 0 Å². The molecule has 1 rings (SSSR count). The molecule has 0 aliphatic rings. The van der Waals surface area contributed by atoms with Gasteiger partial charge in [0.2, 0.25) is 11.8 Å². The van der Waals surface area contributed by atoms with Crippen LogP contribution in [0.3, 0.4) is 0 Å². The molecule has 0 aliphatic carbocycles. The van der Waals surface area contributed by atoms with Crippen molar-refractivity contribution in [1.82, 2.24) is 10.2 Å². The first-order valence-corrected chi connectivity index (χ1v) is 6.47. The zero-order valence-electron chi connectivity index (χ0n) is 11.9. The van der Waals surface area contributed by atoms with E-state index in [0.29, 0.717) is 12.2 Å². The van der Waals surface area contributed by atoms with E-state index in [1.807, 2.05) is 6.92 Å². The van der Waals surface area contributed by atoms with Crippen molar-refractivity contribution in [3.05, 3.63) is 30.1 Å². The van der Waals surface area contributed by atoms with Crippen LogP contribution in [-0.4, -0.2) is 42.9 Å². The van der Waals surface area contributed by atoms with E-state index < -0.39 is 11.9 Å². The van der Waals surface area contributed by atoms with E-state index >= 15 is 0 Å². The Hall–Kier alpha value is -1.95. The van der Waals surface area contributed by atoms with Crippen LogP contribution in [0.2, 0.25) is 0 Å². The second-order valence-corrected chi connectivity index (χ2v) is 4.54. The number of anilines is 1. The van der Waals surface area contributed by atoms with Crippen LogP contribution < -0.4 is 10.6 Å². The molecule has 2 N–H and O–H groups in total. The highest BCUT2D eigenvalue weighted by molar-refractivity contribution is 5.92. The van der Waals surface area contributed by atoms with Gasteiger partial charge in [0.1, 0.15) is 5.82 Å². The minimum Gasteiger partial charge on any atom is -0.355 e. The molecule has 0 unspecified atom stereocenters. The van der Waals surface area contributed by atoms with E-state index in [1.165, 1.54) is 18.2 Å². The van der Waals surface area contributed by atoms with Crippen LogP contribution in [0.5, 0.6) is 0 Å². The summed E-state index contributed by atoms with van der Waals surface area (Å²) in [5, 5.41) is 5.28. The number of halogens is 1. The molecule has 0 saturated heterocycles. The van der Waals surface area contributed by atoms with E-state index in [9.17, 15) is 14.0 Å². The van der Waals surface area contributed by atoms with Crippen LogP contribution in [0.1, 0.15) is 13.8 Å². The Bertz CT molecular complexity index is 479. The van der Waals surface area contributed by atoms with E-state index in [2.05, 4.69) is 10.6 Å². The summed E-state index contributed by atoms with van der Waals surface area (Å²) in [4.78, 5) is 25.1. The Kier molecular flexibility index (Phi) is 6.11. The molecule has 0 spiro atoms. The molecule has 0 fully saturated rings. The van der Waals surface area contributed by atoms with Gasteiger partial charge in [0.25, 0.3) is 0 Å². The van der Waals surface area contributed by atoms with Crippen LogP contribution in [0.4, 0.5) is 10.1 Å². The van der Waals surface area contributed by atoms with Gasteiger partial charge in [-0.25, -0.2) is 4.39 Å². The van der Waals surface area contributed by atoms with Crippen molar-refractivity contribution >= 4 is 17.5 Å². The smallest absolute Gasteiger partial charge is 0.238 e. The van der Waals surface area contributed by atoms with Crippen molar-refractivity contribution in [2.24, 2.45) is 0 Å². The highest BCUT2D eigenvalue weighted by Gasteiger charge is 2.19. The second kappa shape index (κ2) is 7.59. The van der Waals surface area contributed by atoms with E-state index in [0.717, 1.165) is 0 Å². The first kappa shape index (κ1) is 16.1. The number of amides is 2. The van der Waals surface area contributed by atoms with Crippen molar-refractivity contribution < 1.29 is 14.0 Å². The molecule has 0 saturated carbocycles. The number of benzene rings is 1. The number of likely N-dealkylation sites (N-methyl/N-ethyl adjacent to an activating group) is 2. The maximum atomic E-state index is 13.0. The fourth-order valence-corrected chi connectivity index (χ4v) is 1.65. The molecule has 1 aromatic rings. The first-order chi connectivity index (χ1) is 9.43. The molecule has 0 aliphatic heterocycles. The molecular weight excluding hydrogens is 261 g/mol. The Morgan fingerprint density at radius 1 is 1.40 bits per heavy atom. The Labute approximate surface area is 118 Å².